The molecule has 0 bridgehead atoms. The number of furan rings is 1. The lowest BCUT2D eigenvalue weighted by Crippen LogP contribution is -2.55. The van der Waals surface area contributed by atoms with E-state index in [1.165, 1.54) is 19.3 Å². The van der Waals surface area contributed by atoms with Crippen LogP contribution in [0.4, 0.5) is 0 Å². The molecule has 3 nitrogen and oxygen atoms in total. The molecule has 0 spiro atoms. The molecule has 1 aliphatic heterocycles. The fourth-order valence-electron chi connectivity index (χ4n) is 2.84. The Morgan fingerprint density at radius 1 is 1.39 bits per heavy atom. The highest BCUT2D eigenvalue weighted by atomic mass is 16.3. The third kappa shape index (κ3) is 3.36. The molecule has 2 atom stereocenters. The zero-order valence-electron chi connectivity index (χ0n) is 11.9. The van der Waals surface area contributed by atoms with Crippen molar-refractivity contribution in [2.75, 3.05) is 13.1 Å². The quantitative estimate of drug-likeness (QED) is 0.871. The average molecular weight is 250 g/mol. The molecular weight excluding hydrogens is 224 g/mol. The maximum absolute atomic E-state index is 5.71. The van der Waals surface area contributed by atoms with Gasteiger partial charge >= 0.3 is 0 Å². The molecule has 1 N–H and O–H groups in total. The van der Waals surface area contributed by atoms with Crippen LogP contribution in [0.15, 0.2) is 16.5 Å². The molecule has 2 unspecified atom stereocenters. The van der Waals surface area contributed by atoms with E-state index < -0.39 is 0 Å². The lowest BCUT2D eigenvalue weighted by atomic mass is 10.0. The summed E-state index contributed by atoms with van der Waals surface area (Å²) in [5, 5.41) is 3.67. The van der Waals surface area contributed by atoms with E-state index in [2.05, 4.69) is 36.2 Å². The molecular formula is C15H26N2O. The summed E-state index contributed by atoms with van der Waals surface area (Å²) in [5.41, 5.74) is 0. The van der Waals surface area contributed by atoms with Gasteiger partial charge in [-0.1, -0.05) is 20.3 Å². The number of nitrogens with one attached hydrogen (secondary N) is 1. The molecule has 18 heavy (non-hydrogen) atoms. The number of aryl methyl sites for hydroxylation is 1. The summed E-state index contributed by atoms with van der Waals surface area (Å²) in [7, 11) is 0. The van der Waals surface area contributed by atoms with Crippen LogP contribution in [0.1, 0.15) is 44.6 Å². The van der Waals surface area contributed by atoms with Crippen LogP contribution in [0.2, 0.25) is 0 Å². The lowest BCUT2D eigenvalue weighted by Gasteiger charge is -2.39. The van der Waals surface area contributed by atoms with Crippen LogP contribution in [0.25, 0.3) is 0 Å². The van der Waals surface area contributed by atoms with Crippen molar-refractivity contribution in [3.05, 3.63) is 23.7 Å². The number of piperazine rings is 1. The van der Waals surface area contributed by atoms with Crippen LogP contribution < -0.4 is 5.32 Å². The number of nitrogens with zero attached hydrogens (tertiary/aromatic N) is 1. The highest BCUT2D eigenvalue weighted by Crippen LogP contribution is 2.17. The van der Waals surface area contributed by atoms with Gasteiger partial charge in [-0.25, -0.2) is 0 Å². The van der Waals surface area contributed by atoms with Gasteiger partial charge in [0, 0.05) is 25.2 Å². The van der Waals surface area contributed by atoms with E-state index in [-0.39, 0.29) is 0 Å². The van der Waals surface area contributed by atoms with Gasteiger partial charge in [0.1, 0.15) is 11.5 Å². The van der Waals surface area contributed by atoms with Gasteiger partial charge < -0.3 is 9.73 Å². The van der Waals surface area contributed by atoms with Crippen molar-refractivity contribution in [1.29, 1.82) is 0 Å². The standard InChI is InChI=1S/C15H26N2O/c1-4-6-13-10-17(14(5-2)9-16-13)11-15-8-7-12(3)18-15/h7-8,13-14,16H,4-6,9-11H2,1-3H3. The molecule has 0 aromatic carbocycles. The van der Waals surface area contributed by atoms with Crippen LogP contribution in [-0.2, 0) is 6.54 Å². The van der Waals surface area contributed by atoms with E-state index in [1.54, 1.807) is 0 Å². The van der Waals surface area contributed by atoms with Crippen molar-refractivity contribution in [3.8, 4) is 0 Å². The van der Waals surface area contributed by atoms with Crippen molar-refractivity contribution in [1.82, 2.24) is 10.2 Å². The molecule has 1 fully saturated rings. The van der Waals surface area contributed by atoms with Crippen LogP contribution in [0.3, 0.4) is 0 Å². The molecule has 0 amide bonds. The Labute approximate surface area is 111 Å². The first-order chi connectivity index (χ1) is 8.72. The molecule has 3 heteroatoms. The van der Waals surface area contributed by atoms with Gasteiger partial charge in [-0.3, -0.25) is 4.90 Å². The predicted octanol–water partition coefficient (Wildman–Crippen LogP) is 2.94. The molecule has 1 aliphatic rings. The van der Waals surface area contributed by atoms with Gasteiger partial charge in [-0.15, -0.1) is 0 Å². The predicted molar refractivity (Wildman–Crippen MR) is 74.6 cm³/mol. The van der Waals surface area contributed by atoms with Crippen LogP contribution >= 0.6 is 0 Å². The molecule has 2 heterocycles. The van der Waals surface area contributed by atoms with Crippen LogP contribution in [0.5, 0.6) is 0 Å². The SMILES string of the molecule is CCCC1CN(Cc2ccc(C)o2)C(CC)CN1. The minimum absolute atomic E-state index is 0.642. The maximum atomic E-state index is 5.71. The summed E-state index contributed by atoms with van der Waals surface area (Å²) in [6, 6.07) is 5.46. The Hall–Kier alpha value is -0.800. The first-order valence-corrected chi connectivity index (χ1v) is 7.25. The molecule has 0 aliphatic carbocycles. The van der Waals surface area contributed by atoms with Crippen LogP contribution in [-0.4, -0.2) is 30.1 Å². The molecule has 1 saturated heterocycles. The van der Waals surface area contributed by atoms with Crippen molar-refractivity contribution in [3.63, 3.8) is 0 Å². The second kappa shape index (κ2) is 6.39. The number of rotatable bonds is 5. The van der Waals surface area contributed by atoms with Gasteiger partial charge in [-0.05, 0) is 31.9 Å². The first-order valence-electron chi connectivity index (χ1n) is 7.25. The molecule has 0 radical (unpaired) electrons. The Kier molecular flexibility index (Phi) is 4.84. The monoisotopic (exact) mass is 250 g/mol. The number of hydrogen-bond donors (Lipinski definition) is 1. The van der Waals surface area contributed by atoms with Crippen molar-refractivity contribution >= 4 is 0 Å². The van der Waals surface area contributed by atoms with E-state index in [0.29, 0.717) is 12.1 Å². The van der Waals surface area contributed by atoms with Crippen molar-refractivity contribution in [2.45, 2.75) is 58.7 Å². The molecule has 102 valence electrons. The summed E-state index contributed by atoms with van der Waals surface area (Å²) in [6.07, 6.45) is 3.72. The third-order valence-corrected chi connectivity index (χ3v) is 3.88. The minimum atomic E-state index is 0.642. The lowest BCUT2D eigenvalue weighted by molar-refractivity contribution is 0.107. The van der Waals surface area contributed by atoms with Crippen molar-refractivity contribution < 1.29 is 4.42 Å². The molecule has 1 aromatic heterocycles. The van der Waals surface area contributed by atoms with E-state index in [4.69, 9.17) is 4.42 Å². The summed E-state index contributed by atoms with van der Waals surface area (Å²) in [5.74, 6) is 2.11. The second-order valence-electron chi connectivity index (χ2n) is 5.40. The van der Waals surface area contributed by atoms with E-state index in [9.17, 15) is 0 Å². The summed E-state index contributed by atoms with van der Waals surface area (Å²) in [4.78, 5) is 2.58. The van der Waals surface area contributed by atoms with Gasteiger partial charge in [0.05, 0.1) is 6.54 Å². The van der Waals surface area contributed by atoms with Gasteiger partial charge in [-0.2, -0.15) is 0 Å². The van der Waals surface area contributed by atoms with E-state index in [1.807, 2.05) is 6.92 Å². The maximum Gasteiger partial charge on any atom is 0.118 e. The van der Waals surface area contributed by atoms with Gasteiger partial charge in [0.25, 0.3) is 0 Å². The molecule has 2 rings (SSSR count). The fraction of sp³-hybridized carbons (Fsp3) is 0.733. The molecule has 0 saturated carbocycles. The Morgan fingerprint density at radius 3 is 2.83 bits per heavy atom. The van der Waals surface area contributed by atoms with E-state index in [0.717, 1.165) is 31.2 Å². The molecule has 1 aromatic rings. The third-order valence-electron chi connectivity index (χ3n) is 3.88. The van der Waals surface area contributed by atoms with E-state index >= 15 is 0 Å². The normalized spacial score (nSPS) is 25.5. The Morgan fingerprint density at radius 2 is 2.22 bits per heavy atom. The van der Waals surface area contributed by atoms with Crippen LogP contribution in [0, 0.1) is 6.92 Å². The smallest absolute Gasteiger partial charge is 0.118 e. The zero-order valence-corrected chi connectivity index (χ0v) is 11.9. The summed E-state index contributed by atoms with van der Waals surface area (Å²) >= 11 is 0. The first kappa shape index (κ1) is 13.6. The average Bonchev–Trinajstić information content (AvgIpc) is 2.76. The van der Waals surface area contributed by atoms with Gasteiger partial charge in [0.15, 0.2) is 0 Å². The number of hydrogen-bond acceptors (Lipinski definition) is 3. The zero-order chi connectivity index (χ0) is 13.0. The summed E-state index contributed by atoms with van der Waals surface area (Å²) in [6.45, 7) is 9.75. The highest BCUT2D eigenvalue weighted by Gasteiger charge is 2.26. The van der Waals surface area contributed by atoms with Gasteiger partial charge in [0.2, 0.25) is 0 Å². The van der Waals surface area contributed by atoms with Crippen molar-refractivity contribution in [2.24, 2.45) is 0 Å². The topological polar surface area (TPSA) is 28.4 Å². The summed E-state index contributed by atoms with van der Waals surface area (Å²) < 4.78 is 5.71. The second-order valence-corrected chi connectivity index (χ2v) is 5.40. The Balaban J connectivity index is 1.97. The Bertz CT molecular complexity index is 361. The minimum Gasteiger partial charge on any atom is -0.465 e. The largest absolute Gasteiger partial charge is 0.465 e. The highest BCUT2D eigenvalue weighted by molar-refractivity contribution is 5.06. The fourth-order valence-corrected chi connectivity index (χ4v) is 2.84.